The molecule has 1 atom stereocenters. The van der Waals surface area contributed by atoms with E-state index in [2.05, 4.69) is 20.7 Å². The molecule has 2 N–H and O–H groups in total. The van der Waals surface area contributed by atoms with E-state index in [4.69, 9.17) is 9.47 Å². The third-order valence-corrected chi connectivity index (χ3v) is 4.87. The van der Waals surface area contributed by atoms with Gasteiger partial charge < -0.3 is 20.1 Å². The fraction of sp³-hybridized carbons (Fsp3) is 0.227. The monoisotopic (exact) mass is 405 g/mol. The van der Waals surface area contributed by atoms with Crippen molar-refractivity contribution in [1.29, 1.82) is 0 Å². The minimum absolute atomic E-state index is 0.217. The van der Waals surface area contributed by atoms with Gasteiger partial charge >= 0.3 is 0 Å². The van der Waals surface area contributed by atoms with E-state index in [0.717, 1.165) is 11.3 Å². The molecule has 8 heteroatoms. The summed E-state index contributed by atoms with van der Waals surface area (Å²) in [6, 6.07) is 14.5. The van der Waals surface area contributed by atoms with Gasteiger partial charge in [-0.25, -0.2) is 4.68 Å². The summed E-state index contributed by atoms with van der Waals surface area (Å²) in [5, 5.41) is 10.5. The summed E-state index contributed by atoms with van der Waals surface area (Å²) >= 11 is 0. The molecule has 0 saturated carbocycles. The van der Waals surface area contributed by atoms with Crippen LogP contribution in [0.2, 0.25) is 0 Å². The van der Waals surface area contributed by atoms with Crippen molar-refractivity contribution >= 4 is 17.5 Å². The van der Waals surface area contributed by atoms with Crippen LogP contribution in [-0.4, -0.2) is 34.4 Å². The molecule has 1 aromatic heterocycles. The molecule has 0 fully saturated rings. The summed E-state index contributed by atoms with van der Waals surface area (Å²) in [4.78, 5) is 17.6. The van der Waals surface area contributed by atoms with Crippen LogP contribution in [0.1, 0.15) is 25.5 Å². The Labute approximate surface area is 174 Å². The Bertz CT molecular complexity index is 1090. The Morgan fingerprint density at radius 2 is 2.00 bits per heavy atom. The van der Waals surface area contributed by atoms with Crippen LogP contribution in [0, 0.1) is 0 Å². The number of carbonyl (C=O) groups is 1. The summed E-state index contributed by atoms with van der Waals surface area (Å²) in [6.45, 7) is 4.30. The van der Waals surface area contributed by atoms with Crippen LogP contribution in [0.4, 0.5) is 11.6 Å². The molecule has 0 bridgehead atoms. The average molecular weight is 405 g/mol. The molecule has 3 aromatic rings. The first-order valence-electron chi connectivity index (χ1n) is 9.66. The molecule has 4 rings (SSSR count). The highest BCUT2D eigenvalue weighted by Crippen LogP contribution is 2.38. The van der Waals surface area contributed by atoms with Gasteiger partial charge in [-0.15, -0.1) is 0 Å². The number of nitrogens with zero attached hydrogens (tertiary/aromatic N) is 3. The number of methoxy groups -OCH3 is 1. The SMILES string of the molecule is CCOc1ccc(C2C(C(=O)Nc3ccccc3)=C(C)Nc3ncnn32)cc1OC. The van der Waals surface area contributed by atoms with Gasteiger partial charge in [-0.05, 0) is 43.7 Å². The maximum absolute atomic E-state index is 13.3. The summed E-state index contributed by atoms with van der Waals surface area (Å²) < 4.78 is 12.8. The topological polar surface area (TPSA) is 90.3 Å². The molecular weight excluding hydrogens is 382 g/mol. The van der Waals surface area contributed by atoms with Crippen molar-refractivity contribution in [2.45, 2.75) is 19.9 Å². The number of rotatable bonds is 6. The Morgan fingerprint density at radius 1 is 1.20 bits per heavy atom. The molecule has 1 aliphatic heterocycles. The number of benzene rings is 2. The molecule has 8 nitrogen and oxygen atoms in total. The van der Waals surface area contributed by atoms with Crippen LogP contribution in [0.5, 0.6) is 11.5 Å². The second-order valence-electron chi connectivity index (χ2n) is 6.76. The Kier molecular flexibility index (Phi) is 5.38. The second kappa shape index (κ2) is 8.28. The van der Waals surface area contributed by atoms with Gasteiger partial charge in [0.25, 0.3) is 5.91 Å². The van der Waals surface area contributed by atoms with Crippen molar-refractivity contribution in [2.75, 3.05) is 24.4 Å². The van der Waals surface area contributed by atoms with E-state index in [1.165, 1.54) is 6.33 Å². The third-order valence-electron chi connectivity index (χ3n) is 4.87. The zero-order valence-electron chi connectivity index (χ0n) is 17.0. The quantitative estimate of drug-likeness (QED) is 0.651. The van der Waals surface area contributed by atoms with Crippen LogP contribution in [0.25, 0.3) is 0 Å². The van der Waals surface area contributed by atoms with Gasteiger partial charge in [0, 0.05) is 11.4 Å². The lowest BCUT2D eigenvalue weighted by Crippen LogP contribution is -2.31. The Morgan fingerprint density at radius 3 is 2.73 bits per heavy atom. The molecule has 0 radical (unpaired) electrons. The molecule has 2 heterocycles. The molecule has 1 aliphatic rings. The predicted molar refractivity (Wildman–Crippen MR) is 114 cm³/mol. The lowest BCUT2D eigenvalue weighted by Gasteiger charge is -2.29. The standard InChI is InChI=1S/C22H23N5O3/c1-4-30-17-11-10-15(12-18(17)29-3)20-19(14(2)25-22-23-13-24-27(20)22)21(28)26-16-8-6-5-7-9-16/h5-13,20H,4H2,1-3H3,(H,26,28)(H,23,24,25). The van der Waals surface area contributed by atoms with E-state index in [1.807, 2.05) is 62.4 Å². The highest BCUT2D eigenvalue weighted by Gasteiger charge is 2.34. The number of hydrogen-bond acceptors (Lipinski definition) is 6. The number of ether oxygens (including phenoxy) is 2. The summed E-state index contributed by atoms with van der Waals surface area (Å²) in [5.74, 6) is 1.59. The van der Waals surface area contributed by atoms with E-state index in [1.54, 1.807) is 11.8 Å². The Hall–Kier alpha value is -3.81. The lowest BCUT2D eigenvalue weighted by atomic mass is 9.94. The number of para-hydroxylation sites is 1. The summed E-state index contributed by atoms with van der Waals surface area (Å²) in [6.07, 6.45) is 1.46. The smallest absolute Gasteiger partial charge is 0.255 e. The normalized spacial score (nSPS) is 15.2. The minimum atomic E-state index is -0.475. The van der Waals surface area contributed by atoms with Crippen LogP contribution in [0.15, 0.2) is 66.1 Å². The number of allylic oxidation sites excluding steroid dienone is 1. The first-order valence-corrected chi connectivity index (χ1v) is 9.66. The van der Waals surface area contributed by atoms with E-state index in [9.17, 15) is 4.79 Å². The van der Waals surface area contributed by atoms with Crippen LogP contribution in [0.3, 0.4) is 0 Å². The zero-order valence-corrected chi connectivity index (χ0v) is 17.0. The first-order chi connectivity index (χ1) is 14.6. The van der Waals surface area contributed by atoms with Crippen molar-refractivity contribution in [3.05, 3.63) is 71.7 Å². The average Bonchev–Trinajstić information content (AvgIpc) is 3.22. The fourth-order valence-electron chi connectivity index (χ4n) is 3.54. The molecule has 30 heavy (non-hydrogen) atoms. The second-order valence-corrected chi connectivity index (χ2v) is 6.76. The third kappa shape index (κ3) is 3.59. The minimum Gasteiger partial charge on any atom is -0.493 e. The van der Waals surface area contributed by atoms with Crippen molar-refractivity contribution in [3.63, 3.8) is 0 Å². The number of aromatic nitrogens is 3. The van der Waals surface area contributed by atoms with Gasteiger partial charge in [0.1, 0.15) is 12.4 Å². The highest BCUT2D eigenvalue weighted by atomic mass is 16.5. The number of nitrogens with one attached hydrogen (secondary N) is 2. The van der Waals surface area contributed by atoms with Gasteiger partial charge in [-0.1, -0.05) is 24.3 Å². The number of anilines is 2. The van der Waals surface area contributed by atoms with Gasteiger partial charge in [-0.3, -0.25) is 4.79 Å². The van der Waals surface area contributed by atoms with Crippen molar-refractivity contribution < 1.29 is 14.3 Å². The molecule has 0 spiro atoms. The number of fused-ring (bicyclic) bond motifs is 1. The zero-order chi connectivity index (χ0) is 21.1. The fourth-order valence-corrected chi connectivity index (χ4v) is 3.54. The van der Waals surface area contributed by atoms with Crippen molar-refractivity contribution in [1.82, 2.24) is 14.8 Å². The van der Waals surface area contributed by atoms with Crippen molar-refractivity contribution in [3.8, 4) is 11.5 Å². The molecule has 1 amide bonds. The number of hydrogen-bond donors (Lipinski definition) is 2. The molecule has 154 valence electrons. The van der Waals surface area contributed by atoms with Crippen LogP contribution >= 0.6 is 0 Å². The van der Waals surface area contributed by atoms with E-state index in [0.29, 0.717) is 35.3 Å². The van der Waals surface area contributed by atoms with Gasteiger partial charge in [0.2, 0.25) is 5.95 Å². The van der Waals surface area contributed by atoms with E-state index < -0.39 is 6.04 Å². The number of carbonyl (C=O) groups excluding carboxylic acids is 1. The summed E-state index contributed by atoms with van der Waals surface area (Å²) in [7, 11) is 1.59. The van der Waals surface area contributed by atoms with E-state index >= 15 is 0 Å². The summed E-state index contributed by atoms with van der Waals surface area (Å²) in [5.41, 5.74) is 2.81. The molecule has 2 aromatic carbocycles. The first kappa shape index (κ1) is 19.5. The van der Waals surface area contributed by atoms with Gasteiger partial charge in [0.15, 0.2) is 11.5 Å². The molecule has 0 saturated heterocycles. The predicted octanol–water partition coefficient (Wildman–Crippen LogP) is 3.61. The molecule has 0 aliphatic carbocycles. The van der Waals surface area contributed by atoms with Crippen molar-refractivity contribution in [2.24, 2.45) is 0 Å². The van der Waals surface area contributed by atoms with E-state index in [-0.39, 0.29) is 5.91 Å². The van der Waals surface area contributed by atoms with Crippen LogP contribution in [-0.2, 0) is 4.79 Å². The molecule has 1 unspecified atom stereocenters. The van der Waals surface area contributed by atoms with Gasteiger partial charge in [0.05, 0.1) is 19.3 Å². The molecular formula is C22H23N5O3. The van der Waals surface area contributed by atoms with Crippen LogP contribution < -0.4 is 20.1 Å². The lowest BCUT2D eigenvalue weighted by molar-refractivity contribution is -0.113. The largest absolute Gasteiger partial charge is 0.493 e. The number of amides is 1. The maximum atomic E-state index is 13.3. The highest BCUT2D eigenvalue weighted by molar-refractivity contribution is 6.06. The Balaban J connectivity index is 1.78. The van der Waals surface area contributed by atoms with Gasteiger partial charge in [-0.2, -0.15) is 10.1 Å². The maximum Gasteiger partial charge on any atom is 0.255 e.